The molecule has 134 valence electrons. The van der Waals surface area contributed by atoms with Crippen LogP contribution in [0, 0.1) is 0 Å². The van der Waals surface area contributed by atoms with Crippen LogP contribution in [0.15, 0.2) is 53.5 Å². The molecule has 0 unspecified atom stereocenters. The number of benzene rings is 1. The summed E-state index contributed by atoms with van der Waals surface area (Å²) in [4.78, 5) is 24.5. The summed E-state index contributed by atoms with van der Waals surface area (Å²) in [6, 6.07) is 12.4. The Morgan fingerprint density at radius 3 is 2.44 bits per heavy atom. The maximum absolute atomic E-state index is 12.5. The molecule has 0 fully saturated rings. The summed E-state index contributed by atoms with van der Waals surface area (Å²) < 4.78 is 1.54. The van der Waals surface area contributed by atoms with Crippen molar-refractivity contribution < 1.29 is 9.90 Å². The van der Waals surface area contributed by atoms with Gasteiger partial charge in [-0.25, -0.2) is 4.79 Å². The Bertz CT molecular complexity index is 752. The summed E-state index contributed by atoms with van der Waals surface area (Å²) in [6.45, 7) is 4.30. The monoisotopic (exact) mass is 343 g/mol. The van der Waals surface area contributed by atoms with Crippen LogP contribution >= 0.6 is 0 Å². The molecule has 0 spiro atoms. The SMILES string of the molecule is CCC(O)(CC)CNC(=O)Nc1cccn(Cc2ccccc2)c1=O. The number of hydrogen-bond donors (Lipinski definition) is 3. The highest BCUT2D eigenvalue weighted by Crippen LogP contribution is 2.12. The summed E-state index contributed by atoms with van der Waals surface area (Å²) in [5, 5.41) is 15.4. The first kappa shape index (κ1) is 18.7. The van der Waals surface area contributed by atoms with Gasteiger partial charge in [-0.3, -0.25) is 4.79 Å². The van der Waals surface area contributed by atoms with Gasteiger partial charge in [-0.05, 0) is 30.5 Å². The molecule has 25 heavy (non-hydrogen) atoms. The van der Waals surface area contributed by atoms with Crippen LogP contribution in [0.3, 0.4) is 0 Å². The fourth-order valence-corrected chi connectivity index (χ4v) is 2.45. The number of nitrogens with zero attached hydrogens (tertiary/aromatic N) is 1. The maximum atomic E-state index is 12.5. The van der Waals surface area contributed by atoms with Crippen molar-refractivity contribution in [2.45, 2.75) is 38.8 Å². The minimum Gasteiger partial charge on any atom is -0.388 e. The van der Waals surface area contributed by atoms with E-state index in [0.29, 0.717) is 19.4 Å². The molecule has 0 bridgehead atoms. The van der Waals surface area contributed by atoms with Crippen LogP contribution in [0.25, 0.3) is 0 Å². The smallest absolute Gasteiger partial charge is 0.319 e. The first-order valence-corrected chi connectivity index (χ1v) is 8.48. The highest BCUT2D eigenvalue weighted by atomic mass is 16.3. The van der Waals surface area contributed by atoms with E-state index < -0.39 is 11.6 Å². The van der Waals surface area contributed by atoms with Gasteiger partial charge in [-0.2, -0.15) is 0 Å². The summed E-state index contributed by atoms with van der Waals surface area (Å²) in [7, 11) is 0. The Morgan fingerprint density at radius 2 is 1.80 bits per heavy atom. The van der Waals surface area contributed by atoms with Crippen LogP contribution in [0.2, 0.25) is 0 Å². The van der Waals surface area contributed by atoms with E-state index in [2.05, 4.69) is 10.6 Å². The van der Waals surface area contributed by atoms with Crippen molar-refractivity contribution in [1.29, 1.82) is 0 Å². The zero-order valence-corrected chi connectivity index (χ0v) is 14.7. The third-order valence-corrected chi connectivity index (χ3v) is 4.36. The number of aliphatic hydroxyl groups is 1. The van der Waals surface area contributed by atoms with Crippen LogP contribution in [-0.4, -0.2) is 27.9 Å². The quantitative estimate of drug-likeness (QED) is 0.722. The molecule has 0 saturated heterocycles. The number of nitrogens with one attached hydrogen (secondary N) is 2. The van der Waals surface area contributed by atoms with Gasteiger partial charge in [0.1, 0.15) is 5.69 Å². The van der Waals surface area contributed by atoms with Crippen LogP contribution < -0.4 is 16.2 Å². The molecule has 6 nitrogen and oxygen atoms in total. The van der Waals surface area contributed by atoms with Crippen molar-refractivity contribution in [3.05, 3.63) is 64.6 Å². The molecule has 0 saturated carbocycles. The molecule has 3 N–H and O–H groups in total. The lowest BCUT2D eigenvalue weighted by molar-refractivity contribution is 0.0354. The van der Waals surface area contributed by atoms with Crippen molar-refractivity contribution in [2.75, 3.05) is 11.9 Å². The minimum absolute atomic E-state index is 0.136. The Balaban J connectivity index is 2.04. The van der Waals surface area contributed by atoms with E-state index in [1.165, 1.54) is 0 Å². The fourth-order valence-electron chi connectivity index (χ4n) is 2.45. The largest absolute Gasteiger partial charge is 0.388 e. The summed E-state index contributed by atoms with van der Waals surface area (Å²) in [5.74, 6) is 0. The number of hydrogen-bond acceptors (Lipinski definition) is 3. The van der Waals surface area contributed by atoms with Gasteiger partial charge < -0.3 is 20.3 Å². The van der Waals surface area contributed by atoms with Gasteiger partial charge in [0, 0.05) is 12.7 Å². The molecule has 1 heterocycles. The molecule has 1 aromatic heterocycles. The molecule has 0 radical (unpaired) electrons. The Labute approximate surface area is 147 Å². The van der Waals surface area contributed by atoms with Gasteiger partial charge in [-0.1, -0.05) is 44.2 Å². The highest BCUT2D eigenvalue weighted by Gasteiger charge is 2.22. The number of aromatic nitrogens is 1. The molecule has 0 aliphatic rings. The van der Waals surface area contributed by atoms with Crippen molar-refractivity contribution in [3.63, 3.8) is 0 Å². The second kappa shape index (κ2) is 8.48. The fraction of sp³-hybridized carbons (Fsp3) is 0.368. The van der Waals surface area contributed by atoms with Crippen molar-refractivity contribution >= 4 is 11.7 Å². The van der Waals surface area contributed by atoms with E-state index in [1.54, 1.807) is 22.9 Å². The Hall–Kier alpha value is -2.60. The highest BCUT2D eigenvalue weighted by molar-refractivity contribution is 5.88. The van der Waals surface area contributed by atoms with E-state index >= 15 is 0 Å². The average Bonchev–Trinajstić information content (AvgIpc) is 2.64. The maximum Gasteiger partial charge on any atom is 0.319 e. The van der Waals surface area contributed by atoms with E-state index in [9.17, 15) is 14.7 Å². The molecule has 6 heteroatoms. The molecule has 0 aliphatic carbocycles. The van der Waals surface area contributed by atoms with E-state index in [4.69, 9.17) is 0 Å². The number of anilines is 1. The second-order valence-electron chi connectivity index (χ2n) is 6.08. The van der Waals surface area contributed by atoms with E-state index in [1.807, 2.05) is 44.2 Å². The van der Waals surface area contributed by atoms with Crippen molar-refractivity contribution in [3.8, 4) is 0 Å². The number of carbonyl (C=O) groups excluding carboxylic acids is 1. The molecule has 0 atom stereocenters. The number of carbonyl (C=O) groups is 1. The van der Waals surface area contributed by atoms with E-state index in [-0.39, 0.29) is 17.8 Å². The molecule has 0 aliphatic heterocycles. The molecule has 2 rings (SSSR count). The molecule has 2 aromatic rings. The molecular formula is C19H25N3O3. The number of rotatable bonds is 7. The first-order valence-electron chi connectivity index (χ1n) is 8.48. The Kier molecular flexibility index (Phi) is 6.36. The molecule has 1 aromatic carbocycles. The van der Waals surface area contributed by atoms with Crippen molar-refractivity contribution in [1.82, 2.24) is 9.88 Å². The van der Waals surface area contributed by atoms with Crippen molar-refractivity contribution in [2.24, 2.45) is 0 Å². The van der Waals surface area contributed by atoms with Crippen LogP contribution in [0.1, 0.15) is 32.3 Å². The zero-order chi connectivity index (χ0) is 18.3. The first-order chi connectivity index (χ1) is 12.0. The number of urea groups is 1. The lowest BCUT2D eigenvalue weighted by atomic mass is 9.98. The van der Waals surface area contributed by atoms with E-state index in [0.717, 1.165) is 5.56 Å². The van der Waals surface area contributed by atoms with Crippen LogP contribution in [-0.2, 0) is 6.54 Å². The minimum atomic E-state index is -0.929. The Morgan fingerprint density at radius 1 is 1.12 bits per heavy atom. The number of amides is 2. The topological polar surface area (TPSA) is 83.4 Å². The van der Waals surface area contributed by atoms with Crippen LogP contribution in [0.5, 0.6) is 0 Å². The third kappa shape index (κ3) is 5.19. The molecule has 2 amide bonds. The van der Waals surface area contributed by atoms with Gasteiger partial charge in [0.15, 0.2) is 0 Å². The van der Waals surface area contributed by atoms with Gasteiger partial charge in [-0.15, -0.1) is 0 Å². The number of pyridine rings is 1. The molecular weight excluding hydrogens is 318 g/mol. The predicted octanol–water partition coefficient (Wildman–Crippen LogP) is 2.57. The van der Waals surface area contributed by atoms with Crippen LogP contribution in [0.4, 0.5) is 10.5 Å². The summed E-state index contributed by atoms with van der Waals surface area (Å²) in [5.41, 5.74) is -0.000903. The lowest BCUT2D eigenvalue weighted by Crippen LogP contribution is -2.44. The second-order valence-corrected chi connectivity index (χ2v) is 6.08. The van der Waals surface area contributed by atoms with Gasteiger partial charge in [0.2, 0.25) is 0 Å². The normalized spacial score (nSPS) is 11.2. The van der Waals surface area contributed by atoms with Gasteiger partial charge in [0.25, 0.3) is 5.56 Å². The van der Waals surface area contributed by atoms with Gasteiger partial charge in [0.05, 0.1) is 12.1 Å². The lowest BCUT2D eigenvalue weighted by Gasteiger charge is -2.25. The standard InChI is InChI=1S/C19H25N3O3/c1-3-19(25,4-2)14-20-18(24)21-16-11-8-12-22(17(16)23)13-15-9-6-5-7-10-15/h5-12,25H,3-4,13-14H2,1-2H3,(H2,20,21,24). The third-order valence-electron chi connectivity index (χ3n) is 4.36. The van der Waals surface area contributed by atoms with Gasteiger partial charge >= 0.3 is 6.03 Å². The summed E-state index contributed by atoms with van der Waals surface area (Å²) >= 11 is 0. The predicted molar refractivity (Wildman–Crippen MR) is 98.8 cm³/mol. The zero-order valence-electron chi connectivity index (χ0n) is 14.7. The average molecular weight is 343 g/mol. The summed E-state index contributed by atoms with van der Waals surface area (Å²) in [6.07, 6.45) is 2.77.